The summed E-state index contributed by atoms with van der Waals surface area (Å²) in [6, 6.07) is 8.78. The molecule has 0 aliphatic heterocycles. The minimum Gasteiger partial charge on any atom is -0.306 e. The van der Waals surface area contributed by atoms with Crippen molar-refractivity contribution in [2.75, 3.05) is 0 Å². The number of aromatic nitrogens is 1. The molecule has 0 radical (unpaired) electrons. The third-order valence-corrected chi connectivity index (χ3v) is 3.32. The SMILES string of the molecule is CC(NCc1ccc(Cl)c([N+](=O)[O-])c1)c1cccnc1. The summed E-state index contributed by atoms with van der Waals surface area (Å²) in [5, 5.41) is 14.3. The van der Waals surface area contributed by atoms with Gasteiger partial charge in [0.2, 0.25) is 0 Å². The quantitative estimate of drug-likeness (QED) is 0.676. The first kappa shape index (κ1) is 14.4. The van der Waals surface area contributed by atoms with E-state index >= 15 is 0 Å². The Kier molecular flexibility index (Phi) is 4.65. The van der Waals surface area contributed by atoms with Crippen molar-refractivity contribution in [2.24, 2.45) is 0 Å². The zero-order valence-electron chi connectivity index (χ0n) is 10.9. The Morgan fingerprint density at radius 2 is 2.25 bits per heavy atom. The van der Waals surface area contributed by atoms with Gasteiger partial charge < -0.3 is 5.32 Å². The van der Waals surface area contributed by atoms with Crippen LogP contribution in [0.2, 0.25) is 5.02 Å². The second-order valence-corrected chi connectivity index (χ2v) is 4.84. The van der Waals surface area contributed by atoms with E-state index in [1.54, 1.807) is 24.5 Å². The van der Waals surface area contributed by atoms with Crippen molar-refractivity contribution in [3.8, 4) is 0 Å². The van der Waals surface area contributed by atoms with Crippen molar-refractivity contribution in [3.63, 3.8) is 0 Å². The normalized spacial score (nSPS) is 12.1. The number of nitrogens with one attached hydrogen (secondary N) is 1. The van der Waals surface area contributed by atoms with E-state index in [1.165, 1.54) is 6.07 Å². The Morgan fingerprint density at radius 1 is 1.45 bits per heavy atom. The minimum absolute atomic E-state index is 0.0694. The maximum Gasteiger partial charge on any atom is 0.288 e. The van der Waals surface area contributed by atoms with Crippen molar-refractivity contribution in [3.05, 3.63) is 69.0 Å². The second-order valence-electron chi connectivity index (χ2n) is 4.43. The molecule has 20 heavy (non-hydrogen) atoms. The molecule has 0 saturated heterocycles. The van der Waals surface area contributed by atoms with Gasteiger partial charge in [-0.25, -0.2) is 0 Å². The fourth-order valence-electron chi connectivity index (χ4n) is 1.83. The van der Waals surface area contributed by atoms with Gasteiger partial charge in [0.1, 0.15) is 5.02 Å². The molecule has 1 aromatic carbocycles. The highest BCUT2D eigenvalue weighted by atomic mass is 35.5. The number of halogens is 1. The highest BCUT2D eigenvalue weighted by Gasteiger charge is 2.13. The van der Waals surface area contributed by atoms with Gasteiger partial charge in [0.25, 0.3) is 5.69 Å². The third-order valence-electron chi connectivity index (χ3n) is 3.00. The molecular weight excluding hydrogens is 278 g/mol. The van der Waals surface area contributed by atoms with E-state index in [4.69, 9.17) is 11.6 Å². The third kappa shape index (κ3) is 3.53. The van der Waals surface area contributed by atoms with Gasteiger partial charge in [-0.05, 0) is 30.2 Å². The van der Waals surface area contributed by atoms with E-state index in [0.717, 1.165) is 11.1 Å². The van der Waals surface area contributed by atoms with Crippen molar-refractivity contribution >= 4 is 17.3 Å². The van der Waals surface area contributed by atoms with E-state index < -0.39 is 4.92 Å². The first-order valence-electron chi connectivity index (χ1n) is 6.14. The molecule has 0 saturated carbocycles. The first-order chi connectivity index (χ1) is 9.58. The standard InChI is InChI=1S/C14H14ClN3O2/c1-10(12-3-2-6-16-9-12)17-8-11-4-5-13(15)14(7-11)18(19)20/h2-7,9-10,17H,8H2,1H3. The molecule has 0 bridgehead atoms. The lowest BCUT2D eigenvalue weighted by Gasteiger charge is -2.13. The number of hydrogen-bond donors (Lipinski definition) is 1. The average molecular weight is 292 g/mol. The molecule has 0 amide bonds. The van der Waals surface area contributed by atoms with Gasteiger partial charge >= 0.3 is 0 Å². The summed E-state index contributed by atoms with van der Waals surface area (Å²) in [6.45, 7) is 2.54. The summed E-state index contributed by atoms with van der Waals surface area (Å²) in [5.74, 6) is 0. The molecule has 1 N–H and O–H groups in total. The summed E-state index contributed by atoms with van der Waals surface area (Å²) in [5.41, 5.74) is 1.81. The molecular formula is C14H14ClN3O2. The molecule has 0 spiro atoms. The van der Waals surface area contributed by atoms with E-state index in [2.05, 4.69) is 10.3 Å². The summed E-state index contributed by atoms with van der Waals surface area (Å²) >= 11 is 5.78. The van der Waals surface area contributed by atoms with Gasteiger partial charge in [-0.15, -0.1) is 0 Å². The summed E-state index contributed by atoms with van der Waals surface area (Å²) in [7, 11) is 0. The van der Waals surface area contributed by atoms with Crippen LogP contribution in [0.15, 0.2) is 42.7 Å². The number of rotatable bonds is 5. The van der Waals surface area contributed by atoms with Gasteiger partial charge in [0, 0.05) is 31.0 Å². The minimum atomic E-state index is -0.476. The number of pyridine rings is 1. The molecule has 0 aliphatic rings. The fourth-order valence-corrected chi connectivity index (χ4v) is 2.02. The number of benzene rings is 1. The highest BCUT2D eigenvalue weighted by Crippen LogP contribution is 2.25. The van der Waals surface area contributed by atoms with Crippen molar-refractivity contribution in [1.29, 1.82) is 0 Å². The Morgan fingerprint density at radius 3 is 2.90 bits per heavy atom. The van der Waals surface area contributed by atoms with Gasteiger partial charge in [0.15, 0.2) is 0 Å². The first-order valence-corrected chi connectivity index (χ1v) is 6.52. The van der Waals surface area contributed by atoms with Crippen LogP contribution < -0.4 is 5.32 Å². The van der Waals surface area contributed by atoms with Crippen LogP contribution in [-0.2, 0) is 6.54 Å². The van der Waals surface area contributed by atoms with Crippen LogP contribution in [0, 0.1) is 10.1 Å². The molecule has 104 valence electrons. The van der Waals surface area contributed by atoms with Gasteiger partial charge in [0.05, 0.1) is 4.92 Å². The average Bonchev–Trinajstić information content (AvgIpc) is 2.46. The largest absolute Gasteiger partial charge is 0.306 e. The Labute approximate surface area is 121 Å². The van der Waals surface area contributed by atoms with E-state index in [9.17, 15) is 10.1 Å². The smallest absolute Gasteiger partial charge is 0.288 e. The van der Waals surface area contributed by atoms with E-state index in [0.29, 0.717) is 6.54 Å². The lowest BCUT2D eigenvalue weighted by atomic mass is 10.1. The molecule has 1 aromatic heterocycles. The maximum atomic E-state index is 10.8. The van der Waals surface area contributed by atoms with Crippen molar-refractivity contribution < 1.29 is 4.92 Å². The van der Waals surface area contributed by atoms with Crippen LogP contribution in [0.4, 0.5) is 5.69 Å². The Balaban J connectivity index is 2.04. The second kappa shape index (κ2) is 6.45. The molecule has 2 aromatic rings. The Bertz CT molecular complexity index is 605. The monoisotopic (exact) mass is 291 g/mol. The zero-order chi connectivity index (χ0) is 14.5. The molecule has 0 aliphatic carbocycles. The molecule has 1 unspecified atom stereocenters. The molecule has 6 heteroatoms. The number of nitrogens with zero attached hydrogens (tertiary/aromatic N) is 2. The molecule has 1 heterocycles. The molecule has 2 rings (SSSR count). The van der Waals surface area contributed by atoms with Crippen LogP contribution in [0.25, 0.3) is 0 Å². The number of nitro benzene ring substituents is 1. The van der Waals surface area contributed by atoms with E-state index in [-0.39, 0.29) is 16.8 Å². The number of hydrogen-bond acceptors (Lipinski definition) is 4. The van der Waals surface area contributed by atoms with Crippen LogP contribution in [0.3, 0.4) is 0 Å². The predicted octanol–water partition coefficient (Wildman–Crippen LogP) is 3.49. The highest BCUT2D eigenvalue weighted by molar-refractivity contribution is 6.32. The van der Waals surface area contributed by atoms with Crippen LogP contribution in [0.5, 0.6) is 0 Å². The summed E-state index contributed by atoms with van der Waals surface area (Å²) < 4.78 is 0. The fraction of sp³-hybridized carbons (Fsp3) is 0.214. The summed E-state index contributed by atoms with van der Waals surface area (Å²) in [4.78, 5) is 14.4. The zero-order valence-corrected chi connectivity index (χ0v) is 11.7. The maximum absolute atomic E-state index is 10.8. The van der Waals surface area contributed by atoms with E-state index in [1.807, 2.05) is 19.1 Å². The van der Waals surface area contributed by atoms with Crippen molar-refractivity contribution in [1.82, 2.24) is 10.3 Å². The molecule has 0 fully saturated rings. The lowest BCUT2D eigenvalue weighted by molar-refractivity contribution is -0.384. The van der Waals surface area contributed by atoms with Crippen LogP contribution >= 0.6 is 11.6 Å². The van der Waals surface area contributed by atoms with Gasteiger partial charge in [-0.2, -0.15) is 0 Å². The number of nitro groups is 1. The predicted molar refractivity (Wildman–Crippen MR) is 77.6 cm³/mol. The molecule has 1 atom stereocenters. The van der Waals surface area contributed by atoms with Crippen molar-refractivity contribution in [2.45, 2.75) is 19.5 Å². The lowest BCUT2D eigenvalue weighted by Crippen LogP contribution is -2.18. The van der Waals surface area contributed by atoms with Gasteiger partial charge in [-0.1, -0.05) is 23.7 Å². The summed E-state index contributed by atoms with van der Waals surface area (Å²) in [6.07, 6.45) is 3.51. The topological polar surface area (TPSA) is 68.1 Å². The Hall–Kier alpha value is -1.98. The molecule has 5 nitrogen and oxygen atoms in total. The van der Waals surface area contributed by atoms with Crippen LogP contribution in [0.1, 0.15) is 24.1 Å². The van der Waals surface area contributed by atoms with Gasteiger partial charge in [-0.3, -0.25) is 15.1 Å². The van der Waals surface area contributed by atoms with Crippen LogP contribution in [-0.4, -0.2) is 9.91 Å².